The van der Waals surface area contributed by atoms with E-state index in [0.717, 1.165) is 28.2 Å². The summed E-state index contributed by atoms with van der Waals surface area (Å²) in [6.45, 7) is 0. The van der Waals surface area contributed by atoms with E-state index in [9.17, 15) is 0 Å². The van der Waals surface area contributed by atoms with Gasteiger partial charge in [-0.2, -0.15) is 0 Å². The first-order chi connectivity index (χ1) is 43.7. The second-order valence-corrected chi connectivity index (χ2v) is 31.2. The molecule has 0 saturated carbocycles. The molecule has 0 bridgehead atoms. The Balaban J connectivity index is 0.924. The van der Waals surface area contributed by atoms with E-state index in [1.165, 1.54) is 108 Å². The second kappa shape index (κ2) is 20.8. The lowest BCUT2D eigenvalue weighted by Crippen LogP contribution is -2.72. The summed E-state index contributed by atoms with van der Waals surface area (Å²) in [5.41, 5.74) is 20.2. The van der Waals surface area contributed by atoms with E-state index in [4.69, 9.17) is 0 Å². The minimum Gasteiger partial charge on any atom is -0.310 e. The lowest BCUT2D eigenvalue weighted by atomic mass is 9.67. The molecule has 0 aromatic heterocycles. The van der Waals surface area contributed by atoms with Crippen LogP contribution in [0.1, 0.15) is 22.3 Å². The van der Waals surface area contributed by atoms with Crippen LogP contribution in [-0.4, -0.2) is 16.1 Å². The highest BCUT2D eigenvalue weighted by atomic mass is 28.3. The van der Waals surface area contributed by atoms with Crippen molar-refractivity contribution in [2.75, 3.05) is 4.90 Å². The number of benzene rings is 14. The first kappa shape index (κ1) is 51.7. The molecule has 0 fully saturated rings. The van der Waals surface area contributed by atoms with Crippen molar-refractivity contribution in [3.63, 3.8) is 0 Å². The number of anilines is 3. The van der Waals surface area contributed by atoms with E-state index >= 15 is 0 Å². The van der Waals surface area contributed by atoms with Crippen LogP contribution in [-0.2, 0) is 5.41 Å². The van der Waals surface area contributed by atoms with Crippen LogP contribution in [0.5, 0.6) is 0 Å². The molecule has 1 aliphatic carbocycles. The first-order valence-corrected chi connectivity index (χ1v) is 34.7. The molecule has 14 aromatic carbocycles. The smallest absolute Gasteiger partial charge is 0.180 e. The predicted octanol–water partition coefficient (Wildman–Crippen LogP) is 15.6. The molecule has 0 unspecified atom stereocenters. The van der Waals surface area contributed by atoms with Crippen LogP contribution >= 0.6 is 0 Å². The molecule has 1 nitrogen and oxygen atoms in total. The Morgan fingerprint density at radius 1 is 0.216 bits per heavy atom. The van der Waals surface area contributed by atoms with Gasteiger partial charge in [-0.1, -0.05) is 322 Å². The molecule has 14 aromatic rings. The minimum atomic E-state index is -2.92. The summed E-state index contributed by atoms with van der Waals surface area (Å²) in [5.74, 6) is 0. The van der Waals surface area contributed by atoms with Crippen molar-refractivity contribution in [3.8, 4) is 55.6 Å². The van der Waals surface area contributed by atoms with Gasteiger partial charge in [0.05, 0.1) is 11.1 Å². The van der Waals surface area contributed by atoms with Gasteiger partial charge >= 0.3 is 0 Å². The van der Waals surface area contributed by atoms with Gasteiger partial charge in [0, 0.05) is 16.9 Å². The molecule has 0 saturated heterocycles. The molecule has 3 aliphatic rings. The summed E-state index contributed by atoms with van der Waals surface area (Å²) in [4.78, 5) is 2.58. The van der Waals surface area contributed by atoms with Gasteiger partial charge in [0.25, 0.3) is 0 Å². The maximum Gasteiger partial charge on any atom is 0.180 e. The topological polar surface area (TPSA) is 3.24 Å². The maximum atomic E-state index is 2.58. The standard InChI is InChI=1S/C85H59NSi2/c1-6-28-60(29-7-1)77-57-62(61-30-26-40-69(56-61)87(67-36-12-4-13-37-67)81-48-22-17-43-73(81)74-44-18-23-49-82(74)87)52-55-80(77)86(65-35-27-41-70(58-65)88(68-38-14-5-15-39-68)83-50-24-19-45-75(83)76-46-20-25-51-84(76)88)66-53-54-72-71-42-16-21-47-78(71)85(79(72)59-66,63-31-8-2-9-32-63)64-33-10-3-11-34-64/h1-59H. The molecule has 17 rings (SSSR count). The highest BCUT2D eigenvalue weighted by Gasteiger charge is 2.51. The third-order valence-corrected chi connectivity index (χ3v) is 29.2. The molecule has 0 N–H and O–H groups in total. The van der Waals surface area contributed by atoms with E-state index in [0.29, 0.717) is 0 Å². The number of hydrogen-bond donors (Lipinski definition) is 0. The molecular weight excluding hydrogens is 1090 g/mol. The molecule has 0 spiro atoms. The quantitative estimate of drug-likeness (QED) is 0.117. The van der Waals surface area contributed by atoms with Gasteiger partial charge in [-0.25, -0.2) is 0 Å². The van der Waals surface area contributed by atoms with Crippen LogP contribution in [0.3, 0.4) is 0 Å². The van der Waals surface area contributed by atoms with E-state index < -0.39 is 21.6 Å². The molecule has 0 radical (unpaired) electrons. The number of nitrogens with zero attached hydrogens (tertiary/aromatic N) is 1. The fraction of sp³-hybridized carbons (Fsp3) is 0.0118. The third-order valence-electron chi connectivity index (χ3n) is 19.5. The highest BCUT2D eigenvalue weighted by molar-refractivity contribution is 7.23. The average Bonchev–Trinajstić information content (AvgIpc) is 1.60. The zero-order valence-electron chi connectivity index (χ0n) is 48.5. The fourth-order valence-corrected chi connectivity index (χ4v) is 26.4. The van der Waals surface area contributed by atoms with Crippen LogP contribution < -0.4 is 46.4 Å². The molecule has 0 amide bonds. The van der Waals surface area contributed by atoms with E-state index in [1.54, 1.807) is 0 Å². The zero-order valence-corrected chi connectivity index (χ0v) is 50.5. The summed E-state index contributed by atoms with van der Waals surface area (Å²) in [6, 6.07) is 136. The Morgan fingerprint density at radius 3 is 1.14 bits per heavy atom. The molecule has 2 aliphatic heterocycles. The van der Waals surface area contributed by atoms with Crippen LogP contribution in [0.15, 0.2) is 358 Å². The lowest BCUT2D eigenvalue weighted by molar-refractivity contribution is 0.768. The SMILES string of the molecule is c1ccc(-c2cc(-c3cccc([Si]4(c5ccccc5)c5ccccc5-c5ccccc54)c3)ccc2N(c2cccc([Si]3(c4ccccc4)c4ccccc4-c4ccccc43)c2)c2ccc3c(c2)C(c2ccccc2)(c2ccccc2)c2ccccc2-3)cc1. The molecule has 2 heterocycles. The van der Waals surface area contributed by atoms with Crippen molar-refractivity contribution in [2.45, 2.75) is 5.41 Å². The molecule has 3 heteroatoms. The van der Waals surface area contributed by atoms with E-state index in [2.05, 4.69) is 363 Å². The molecular formula is C85H59NSi2. The summed E-state index contributed by atoms with van der Waals surface area (Å²) in [6.07, 6.45) is 0. The van der Waals surface area contributed by atoms with Crippen LogP contribution in [0.2, 0.25) is 0 Å². The molecule has 412 valence electrons. The Hall–Kier alpha value is -10.7. The van der Waals surface area contributed by atoms with E-state index in [-0.39, 0.29) is 0 Å². The summed E-state index contributed by atoms with van der Waals surface area (Å²) < 4.78 is 0. The van der Waals surface area contributed by atoms with Gasteiger partial charge in [-0.05, 0) is 150 Å². The van der Waals surface area contributed by atoms with Crippen molar-refractivity contribution >= 4 is 74.7 Å². The van der Waals surface area contributed by atoms with Crippen molar-refractivity contribution in [3.05, 3.63) is 380 Å². The summed E-state index contributed by atoms with van der Waals surface area (Å²) >= 11 is 0. The number of rotatable bonds is 11. The van der Waals surface area contributed by atoms with Gasteiger partial charge in [0.2, 0.25) is 0 Å². The maximum absolute atomic E-state index is 2.92. The van der Waals surface area contributed by atoms with E-state index in [1.807, 2.05) is 0 Å². The summed E-state index contributed by atoms with van der Waals surface area (Å²) in [5, 5.41) is 11.2. The monoisotopic (exact) mass is 1150 g/mol. The van der Waals surface area contributed by atoms with Crippen molar-refractivity contribution in [2.24, 2.45) is 0 Å². The largest absolute Gasteiger partial charge is 0.310 e. The summed E-state index contributed by atoms with van der Waals surface area (Å²) in [7, 11) is -5.70. The Bertz CT molecular complexity index is 4850. The third kappa shape index (κ3) is 7.58. The van der Waals surface area contributed by atoms with Crippen molar-refractivity contribution in [1.29, 1.82) is 0 Å². The Labute approximate surface area is 517 Å². The van der Waals surface area contributed by atoms with Gasteiger partial charge in [0.1, 0.15) is 0 Å². The van der Waals surface area contributed by atoms with Crippen LogP contribution in [0.4, 0.5) is 17.1 Å². The van der Waals surface area contributed by atoms with Gasteiger partial charge in [0.15, 0.2) is 16.1 Å². The number of hydrogen-bond acceptors (Lipinski definition) is 1. The Morgan fingerprint density at radius 2 is 0.602 bits per heavy atom. The minimum absolute atomic E-state index is 0.600. The first-order valence-electron chi connectivity index (χ1n) is 30.7. The molecule has 88 heavy (non-hydrogen) atoms. The lowest BCUT2D eigenvalue weighted by Gasteiger charge is -2.36. The predicted molar refractivity (Wildman–Crippen MR) is 375 cm³/mol. The van der Waals surface area contributed by atoms with Crippen LogP contribution in [0, 0.1) is 0 Å². The highest BCUT2D eigenvalue weighted by Crippen LogP contribution is 2.57. The average molecular weight is 1150 g/mol. The van der Waals surface area contributed by atoms with Gasteiger partial charge < -0.3 is 4.90 Å². The fourth-order valence-electron chi connectivity index (χ4n) is 16.0. The second-order valence-electron chi connectivity index (χ2n) is 23.7. The Kier molecular flexibility index (Phi) is 12.2. The molecule has 0 atom stereocenters. The van der Waals surface area contributed by atoms with Crippen molar-refractivity contribution in [1.82, 2.24) is 0 Å². The zero-order chi connectivity index (χ0) is 58.2. The van der Waals surface area contributed by atoms with Gasteiger partial charge in [-0.15, -0.1) is 0 Å². The normalized spacial score (nSPS) is 14.0. The van der Waals surface area contributed by atoms with Gasteiger partial charge in [-0.3, -0.25) is 0 Å². The number of fused-ring (bicyclic) bond motifs is 9. The van der Waals surface area contributed by atoms with Crippen LogP contribution in [0.25, 0.3) is 55.6 Å². The van der Waals surface area contributed by atoms with Crippen molar-refractivity contribution < 1.29 is 0 Å².